The van der Waals surface area contributed by atoms with Crippen LogP contribution in [0.4, 0.5) is 0 Å². The van der Waals surface area contributed by atoms with Crippen LogP contribution in [-0.2, 0) is 0 Å². The number of primary amides is 1. The highest BCUT2D eigenvalue weighted by Crippen LogP contribution is 2.19. The van der Waals surface area contributed by atoms with E-state index in [1.54, 1.807) is 30.3 Å². The third-order valence-corrected chi connectivity index (χ3v) is 3.89. The van der Waals surface area contributed by atoms with E-state index in [1.807, 2.05) is 24.5 Å². The summed E-state index contributed by atoms with van der Waals surface area (Å²) in [6.45, 7) is 0.249. The van der Waals surface area contributed by atoms with Crippen LogP contribution in [0.15, 0.2) is 53.4 Å². The number of thioether (sulfide) groups is 1. The van der Waals surface area contributed by atoms with Gasteiger partial charge in [-0.1, -0.05) is 24.0 Å². The first-order valence-electron chi connectivity index (χ1n) is 6.92. The van der Waals surface area contributed by atoms with Gasteiger partial charge >= 0.3 is 0 Å². The van der Waals surface area contributed by atoms with Gasteiger partial charge in [-0.15, -0.1) is 11.8 Å². The van der Waals surface area contributed by atoms with Crippen LogP contribution in [0.5, 0.6) is 0 Å². The van der Waals surface area contributed by atoms with Crippen LogP contribution >= 0.6 is 11.8 Å². The summed E-state index contributed by atoms with van der Waals surface area (Å²) in [6.07, 6.45) is 1.93. The molecule has 5 heteroatoms. The normalized spacial score (nSPS) is 9.61. The van der Waals surface area contributed by atoms with Gasteiger partial charge in [-0.2, -0.15) is 0 Å². The Hall–Kier alpha value is -2.71. The predicted octanol–water partition coefficient (Wildman–Crippen LogP) is 2.29. The van der Waals surface area contributed by atoms with Gasteiger partial charge in [0.05, 0.1) is 12.1 Å². The first-order valence-corrected chi connectivity index (χ1v) is 8.14. The van der Waals surface area contributed by atoms with Crippen molar-refractivity contribution in [2.75, 3.05) is 12.8 Å². The first kappa shape index (κ1) is 16.7. The van der Waals surface area contributed by atoms with E-state index in [4.69, 9.17) is 5.73 Å². The zero-order chi connectivity index (χ0) is 16.7. The monoisotopic (exact) mass is 324 g/mol. The van der Waals surface area contributed by atoms with E-state index in [0.717, 1.165) is 10.5 Å². The molecule has 3 N–H and O–H groups in total. The van der Waals surface area contributed by atoms with Gasteiger partial charge in [0.2, 0.25) is 5.91 Å². The lowest BCUT2D eigenvalue weighted by molar-refractivity contribution is 0.0954. The number of carbonyl (C=O) groups is 2. The van der Waals surface area contributed by atoms with Crippen molar-refractivity contribution >= 4 is 23.6 Å². The fourth-order valence-corrected chi connectivity index (χ4v) is 2.51. The Morgan fingerprint density at radius 1 is 1.13 bits per heavy atom. The number of hydrogen-bond donors (Lipinski definition) is 2. The number of nitrogens with one attached hydrogen (secondary N) is 1. The Bertz CT molecular complexity index is 774. The molecule has 0 radical (unpaired) electrons. The quantitative estimate of drug-likeness (QED) is 0.669. The van der Waals surface area contributed by atoms with Crippen LogP contribution in [0, 0.1) is 11.8 Å². The van der Waals surface area contributed by atoms with Crippen LogP contribution < -0.4 is 11.1 Å². The minimum Gasteiger partial charge on any atom is -0.366 e. The summed E-state index contributed by atoms with van der Waals surface area (Å²) in [6, 6.07) is 14.1. The predicted molar refractivity (Wildman–Crippen MR) is 92.4 cm³/mol. The zero-order valence-electron chi connectivity index (χ0n) is 12.6. The fraction of sp³-hybridized carbons (Fsp3) is 0.111. The molecule has 0 aliphatic heterocycles. The van der Waals surface area contributed by atoms with E-state index in [2.05, 4.69) is 17.2 Å². The average molecular weight is 324 g/mol. The van der Waals surface area contributed by atoms with Crippen molar-refractivity contribution in [2.24, 2.45) is 5.73 Å². The largest absolute Gasteiger partial charge is 0.366 e. The molecule has 23 heavy (non-hydrogen) atoms. The maximum absolute atomic E-state index is 12.1. The highest BCUT2D eigenvalue weighted by atomic mass is 32.2. The summed E-state index contributed by atoms with van der Waals surface area (Å²) >= 11 is 1.53. The van der Waals surface area contributed by atoms with Gasteiger partial charge in [-0.05, 0) is 42.7 Å². The molecule has 0 bridgehead atoms. The number of benzene rings is 2. The lowest BCUT2D eigenvalue weighted by Crippen LogP contribution is -2.24. The summed E-state index contributed by atoms with van der Waals surface area (Å²) in [5, 5.41) is 2.77. The van der Waals surface area contributed by atoms with Crippen molar-refractivity contribution in [2.45, 2.75) is 4.90 Å². The van der Waals surface area contributed by atoms with Crippen LogP contribution in [0.2, 0.25) is 0 Å². The molecule has 0 saturated carbocycles. The Labute approximate surface area is 139 Å². The molecule has 0 aromatic heterocycles. The minimum atomic E-state index is -0.468. The highest BCUT2D eigenvalue weighted by molar-refractivity contribution is 7.98. The minimum absolute atomic E-state index is 0.145. The fourth-order valence-electron chi connectivity index (χ4n) is 1.92. The second-order valence-corrected chi connectivity index (χ2v) is 5.47. The molecule has 2 amide bonds. The van der Waals surface area contributed by atoms with E-state index < -0.39 is 5.91 Å². The molecule has 4 nitrogen and oxygen atoms in total. The summed E-state index contributed by atoms with van der Waals surface area (Å²) < 4.78 is 0. The van der Waals surface area contributed by atoms with E-state index >= 15 is 0 Å². The van der Waals surface area contributed by atoms with Gasteiger partial charge in [0.1, 0.15) is 0 Å². The van der Waals surface area contributed by atoms with E-state index in [1.165, 1.54) is 11.8 Å². The molecule has 116 valence electrons. The van der Waals surface area contributed by atoms with Gasteiger partial charge in [0.15, 0.2) is 0 Å². The Balaban J connectivity index is 1.95. The molecule has 0 atom stereocenters. The van der Waals surface area contributed by atoms with Crippen LogP contribution in [-0.4, -0.2) is 24.6 Å². The molecule has 0 fully saturated rings. The van der Waals surface area contributed by atoms with Gasteiger partial charge in [-0.25, -0.2) is 0 Å². The number of hydrogen-bond acceptors (Lipinski definition) is 3. The molecule has 0 unspecified atom stereocenters. The third-order valence-electron chi connectivity index (χ3n) is 3.09. The van der Waals surface area contributed by atoms with E-state index in [9.17, 15) is 9.59 Å². The zero-order valence-corrected chi connectivity index (χ0v) is 13.4. The molecule has 0 saturated heterocycles. The maximum Gasteiger partial charge on any atom is 0.253 e. The Morgan fingerprint density at radius 3 is 2.48 bits per heavy atom. The number of amides is 2. The van der Waals surface area contributed by atoms with Gasteiger partial charge in [-0.3, -0.25) is 9.59 Å². The number of rotatable bonds is 4. The second kappa shape index (κ2) is 8.06. The number of carbonyl (C=O) groups excluding carboxylic acids is 2. The smallest absolute Gasteiger partial charge is 0.253 e. The summed E-state index contributed by atoms with van der Waals surface area (Å²) in [4.78, 5) is 24.0. The van der Waals surface area contributed by atoms with Crippen molar-refractivity contribution < 1.29 is 9.59 Å². The van der Waals surface area contributed by atoms with E-state index in [-0.39, 0.29) is 12.5 Å². The van der Waals surface area contributed by atoms with Gasteiger partial charge in [0.25, 0.3) is 5.91 Å². The van der Waals surface area contributed by atoms with Gasteiger partial charge in [0, 0.05) is 16.0 Å². The topological polar surface area (TPSA) is 72.2 Å². The molecule has 2 aromatic carbocycles. The average Bonchev–Trinajstić information content (AvgIpc) is 2.58. The van der Waals surface area contributed by atoms with Crippen LogP contribution in [0.1, 0.15) is 26.3 Å². The molecule has 0 aliphatic carbocycles. The maximum atomic E-state index is 12.1. The van der Waals surface area contributed by atoms with Crippen LogP contribution in [0.25, 0.3) is 0 Å². The van der Waals surface area contributed by atoms with Crippen LogP contribution in [0.3, 0.4) is 0 Å². The van der Waals surface area contributed by atoms with Crippen molar-refractivity contribution in [3.05, 3.63) is 65.2 Å². The molecule has 0 aliphatic rings. The summed E-state index contributed by atoms with van der Waals surface area (Å²) in [5.74, 6) is 5.19. The summed E-state index contributed by atoms with van der Waals surface area (Å²) in [7, 11) is 0. The molecule has 0 heterocycles. The molecular formula is C18H16N2O2S. The molecule has 0 spiro atoms. The SMILES string of the molecule is CSc1ccccc1C(=O)NCC#Cc1ccc(C(N)=O)cc1. The van der Waals surface area contributed by atoms with Crippen molar-refractivity contribution in [1.82, 2.24) is 5.32 Å². The highest BCUT2D eigenvalue weighted by Gasteiger charge is 2.08. The summed E-state index contributed by atoms with van der Waals surface area (Å²) in [5.41, 5.74) is 7.02. The Morgan fingerprint density at radius 2 is 1.83 bits per heavy atom. The standard InChI is InChI=1S/C18H16N2O2S/c1-23-16-7-3-2-6-15(16)18(22)20-12-4-5-13-8-10-14(11-9-13)17(19)21/h2-3,6-11H,12H2,1H3,(H2,19,21)(H,20,22). The molecule has 2 rings (SSSR count). The second-order valence-electron chi connectivity index (χ2n) is 4.63. The van der Waals surface area contributed by atoms with Gasteiger partial charge < -0.3 is 11.1 Å². The molecule has 2 aromatic rings. The number of nitrogens with two attached hydrogens (primary N) is 1. The first-order chi connectivity index (χ1) is 11.1. The third kappa shape index (κ3) is 4.63. The Kier molecular flexibility index (Phi) is 5.84. The molecular weight excluding hydrogens is 308 g/mol. The van der Waals surface area contributed by atoms with Crippen molar-refractivity contribution in [3.63, 3.8) is 0 Å². The van der Waals surface area contributed by atoms with E-state index in [0.29, 0.717) is 11.1 Å². The van der Waals surface area contributed by atoms with Crippen molar-refractivity contribution in [3.8, 4) is 11.8 Å². The lowest BCUT2D eigenvalue weighted by Gasteiger charge is -2.05. The van der Waals surface area contributed by atoms with Crippen molar-refractivity contribution in [1.29, 1.82) is 0 Å². The lowest BCUT2D eigenvalue weighted by atomic mass is 10.1.